The van der Waals surface area contributed by atoms with Crippen LogP contribution in [0, 0.1) is 0 Å². The molecule has 1 atom stereocenters. The largest absolute Gasteiger partial charge is 0.493 e. The normalized spacial score (nSPS) is 17.8. The van der Waals surface area contributed by atoms with Crippen molar-refractivity contribution < 1.29 is 14.6 Å². The molecule has 7 heteroatoms. The zero-order valence-corrected chi connectivity index (χ0v) is 16.0. The number of para-hydroxylation sites is 1. The quantitative estimate of drug-likeness (QED) is 0.542. The van der Waals surface area contributed by atoms with Crippen LogP contribution in [-0.2, 0) is 6.54 Å². The fourth-order valence-electron chi connectivity index (χ4n) is 3.36. The molecule has 0 spiro atoms. The third-order valence-electron chi connectivity index (χ3n) is 4.90. The van der Waals surface area contributed by atoms with Crippen LogP contribution >= 0.6 is 0 Å². The maximum atomic E-state index is 12.6. The number of aliphatic hydroxyl groups is 1. The molecule has 4 rings (SSSR count). The van der Waals surface area contributed by atoms with E-state index in [2.05, 4.69) is 10.6 Å². The number of nitrogens with zero attached hydrogens (tertiary/aromatic N) is 1. The van der Waals surface area contributed by atoms with Gasteiger partial charge in [0.2, 0.25) is 0 Å². The van der Waals surface area contributed by atoms with Gasteiger partial charge >= 0.3 is 6.03 Å². The van der Waals surface area contributed by atoms with E-state index in [4.69, 9.17) is 15.6 Å². The van der Waals surface area contributed by atoms with Crippen molar-refractivity contribution in [3.63, 3.8) is 0 Å². The second-order valence-electron chi connectivity index (χ2n) is 6.88. The minimum absolute atomic E-state index is 0.0895. The van der Waals surface area contributed by atoms with Crippen molar-refractivity contribution in [2.24, 2.45) is 5.73 Å². The molecule has 0 bridgehead atoms. The Morgan fingerprint density at radius 3 is 2.66 bits per heavy atom. The zero-order chi connectivity index (χ0) is 20.2. The summed E-state index contributed by atoms with van der Waals surface area (Å²) in [4.78, 5) is 14.2. The van der Waals surface area contributed by atoms with Crippen molar-refractivity contribution in [3.8, 4) is 5.75 Å². The first-order valence-corrected chi connectivity index (χ1v) is 9.61. The maximum absolute atomic E-state index is 12.6. The van der Waals surface area contributed by atoms with E-state index in [0.29, 0.717) is 19.6 Å². The molecule has 150 valence electrons. The maximum Gasteiger partial charge on any atom is 0.327 e. The molecule has 2 aliphatic heterocycles. The summed E-state index contributed by atoms with van der Waals surface area (Å²) in [7, 11) is 0. The lowest BCUT2D eigenvalue weighted by atomic mass is 10.1. The molecule has 29 heavy (non-hydrogen) atoms. The van der Waals surface area contributed by atoms with Crippen LogP contribution in [0.2, 0.25) is 0 Å². The number of ether oxygens (including phenoxy) is 1. The summed E-state index contributed by atoms with van der Waals surface area (Å²) in [6, 6.07) is 15.1. The summed E-state index contributed by atoms with van der Waals surface area (Å²) in [5.41, 5.74) is 10.2. The summed E-state index contributed by atoms with van der Waals surface area (Å²) < 4.78 is 5.81. The minimum atomic E-state index is -0.289. The monoisotopic (exact) mass is 392 g/mol. The number of nitrogens with one attached hydrogen (secondary N) is 2. The number of rotatable bonds is 7. The van der Waals surface area contributed by atoms with E-state index in [1.54, 1.807) is 4.90 Å². The topological polar surface area (TPSA) is 99.8 Å². The molecular formula is C22H24N4O3. The zero-order valence-electron chi connectivity index (χ0n) is 16.0. The van der Waals surface area contributed by atoms with Gasteiger partial charge in [0.05, 0.1) is 12.3 Å². The average molecular weight is 392 g/mol. The smallest absolute Gasteiger partial charge is 0.327 e. The molecule has 0 radical (unpaired) electrons. The van der Waals surface area contributed by atoms with E-state index in [0.717, 1.165) is 33.8 Å². The van der Waals surface area contributed by atoms with E-state index in [1.165, 1.54) is 0 Å². The lowest BCUT2D eigenvalue weighted by Crippen LogP contribution is -2.51. The van der Waals surface area contributed by atoms with Gasteiger partial charge in [-0.05, 0) is 35.9 Å². The van der Waals surface area contributed by atoms with Gasteiger partial charge in [0.1, 0.15) is 11.9 Å². The molecule has 2 heterocycles. The number of fused-ring (bicyclic) bond motifs is 1. The third kappa shape index (κ3) is 3.96. The Hall–Kier alpha value is -3.29. The Morgan fingerprint density at radius 2 is 1.90 bits per heavy atom. The van der Waals surface area contributed by atoms with Gasteiger partial charge in [-0.3, -0.25) is 4.90 Å². The van der Waals surface area contributed by atoms with Crippen molar-refractivity contribution >= 4 is 17.4 Å². The van der Waals surface area contributed by atoms with Gasteiger partial charge in [-0.25, -0.2) is 4.79 Å². The van der Waals surface area contributed by atoms with Crippen LogP contribution in [0.15, 0.2) is 66.4 Å². The van der Waals surface area contributed by atoms with Crippen molar-refractivity contribution in [2.75, 3.05) is 18.1 Å². The number of benzene rings is 2. The summed E-state index contributed by atoms with van der Waals surface area (Å²) in [6.07, 6.45) is 4.14. The number of urea groups is 1. The van der Waals surface area contributed by atoms with E-state index < -0.39 is 0 Å². The summed E-state index contributed by atoms with van der Waals surface area (Å²) in [6.45, 7) is 0.994. The fourth-order valence-corrected chi connectivity index (χ4v) is 3.36. The Balaban J connectivity index is 1.59. The first-order valence-electron chi connectivity index (χ1n) is 9.61. The number of nitrogens with two attached hydrogens (primary N) is 1. The number of anilines is 1. The number of carbonyl (C=O) groups excluding carboxylic acids is 1. The Labute approximate surface area is 169 Å². The van der Waals surface area contributed by atoms with Crippen LogP contribution in [0.1, 0.15) is 17.5 Å². The Morgan fingerprint density at radius 1 is 1.10 bits per heavy atom. The van der Waals surface area contributed by atoms with Crippen LogP contribution in [-0.4, -0.2) is 30.5 Å². The predicted molar refractivity (Wildman–Crippen MR) is 112 cm³/mol. The van der Waals surface area contributed by atoms with Crippen molar-refractivity contribution in [2.45, 2.75) is 19.1 Å². The number of carbonyl (C=O) groups is 1. The highest BCUT2D eigenvalue weighted by atomic mass is 16.5. The number of amides is 2. The summed E-state index contributed by atoms with van der Waals surface area (Å²) >= 11 is 0. The summed E-state index contributed by atoms with van der Waals surface area (Å²) in [5.74, 6) is 0.736. The van der Waals surface area contributed by atoms with E-state index in [9.17, 15) is 4.79 Å². The molecular weight excluding hydrogens is 368 g/mol. The van der Waals surface area contributed by atoms with Crippen molar-refractivity contribution in [3.05, 3.63) is 77.5 Å². The standard InChI is InChI=1S/C22H24N4O3/c23-13-15-6-8-17(9-7-15)26-14-16-12-19(24-21(16)25-22(26)28)18-4-1-2-5-20(18)29-11-3-10-27/h1-2,4-9,12,14,21,24,27H,3,10-11,13,23H2,(H,25,28). The molecule has 0 saturated heterocycles. The highest BCUT2D eigenvalue weighted by Gasteiger charge is 2.31. The fraction of sp³-hybridized carbons (Fsp3) is 0.227. The third-order valence-corrected chi connectivity index (χ3v) is 4.90. The second-order valence-corrected chi connectivity index (χ2v) is 6.88. The number of hydrogen-bond donors (Lipinski definition) is 4. The van der Waals surface area contributed by atoms with Crippen LogP contribution in [0.5, 0.6) is 5.75 Å². The lowest BCUT2D eigenvalue weighted by molar-refractivity contribution is 0.233. The molecule has 0 aromatic heterocycles. The molecule has 2 aliphatic rings. The van der Waals surface area contributed by atoms with Crippen LogP contribution in [0.25, 0.3) is 5.70 Å². The van der Waals surface area contributed by atoms with Gasteiger partial charge in [-0.2, -0.15) is 0 Å². The van der Waals surface area contributed by atoms with E-state index in [-0.39, 0.29) is 18.8 Å². The van der Waals surface area contributed by atoms with Gasteiger partial charge in [0, 0.05) is 42.6 Å². The molecule has 0 fully saturated rings. The SMILES string of the molecule is NCc1ccc(N2C=C3C=C(c4ccccc4OCCCO)NC3NC2=O)cc1. The molecule has 1 unspecified atom stereocenters. The highest BCUT2D eigenvalue weighted by molar-refractivity contribution is 5.96. The van der Waals surface area contributed by atoms with E-state index in [1.807, 2.05) is 60.8 Å². The molecule has 2 amide bonds. The van der Waals surface area contributed by atoms with Gasteiger partial charge in [-0.15, -0.1) is 0 Å². The Bertz CT molecular complexity index is 953. The molecule has 2 aromatic carbocycles. The van der Waals surface area contributed by atoms with Crippen LogP contribution < -0.4 is 26.0 Å². The van der Waals surface area contributed by atoms with Crippen molar-refractivity contribution in [1.29, 1.82) is 0 Å². The highest BCUT2D eigenvalue weighted by Crippen LogP contribution is 2.32. The predicted octanol–water partition coefficient (Wildman–Crippen LogP) is 2.29. The lowest BCUT2D eigenvalue weighted by Gasteiger charge is -2.29. The van der Waals surface area contributed by atoms with Gasteiger partial charge in [0.25, 0.3) is 0 Å². The molecule has 0 saturated carbocycles. The first kappa shape index (κ1) is 19.0. The van der Waals surface area contributed by atoms with E-state index >= 15 is 0 Å². The second kappa shape index (κ2) is 8.38. The molecule has 0 aliphatic carbocycles. The van der Waals surface area contributed by atoms with Gasteiger partial charge in [0.15, 0.2) is 0 Å². The van der Waals surface area contributed by atoms with Crippen LogP contribution in [0.4, 0.5) is 10.5 Å². The molecule has 5 N–H and O–H groups in total. The van der Waals surface area contributed by atoms with Gasteiger partial charge in [-0.1, -0.05) is 24.3 Å². The number of aliphatic hydroxyl groups excluding tert-OH is 1. The summed E-state index contributed by atoms with van der Waals surface area (Å²) in [5, 5.41) is 15.3. The molecule has 2 aromatic rings. The first-order chi connectivity index (χ1) is 14.2. The van der Waals surface area contributed by atoms with Crippen molar-refractivity contribution in [1.82, 2.24) is 10.6 Å². The average Bonchev–Trinajstić information content (AvgIpc) is 3.16. The number of hydrogen-bond acceptors (Lipinski definition) is 5. The van der Waals surface area contributed by atoms with Crippen LogP contribution in [0.3, 0.4) is 0 Å². The Kier molecular flexibility index (Phi) is 5.50. The minimum Gasteiger partial charge on any atom is -0.493 e. The van der Waals surface area contributed by atoms with Gasteiger partial charge < -0.3 is 26.2 Å². The molecule has 7 nitrogen and oxygen atoms in total.